The van der Waals surface area contributed by atoms with Gasteiger partial charge in [-0.2, -0.15) is 13.2 Å². The number of carbonyl (C=O) groups is 1. The van der Waals surface area contributed by atoms with Gasteiger partial charge in [0.05, 0.1) is 11.6 Å². The lowest BCUT2D eigenvalue weighted by atomic mass is 9.90. The van der Waals surface area contributed by atoms with Gasteiger partial charge in [0.25, 0.3) is 5.91 Å². The summed E-state index contributed by atoms with van der Waals surface area (Å²) in [6.45, 7) is 5.53. The summed E-state index contributed by atoms with van der Waals surface area (Å²) in [6, 6.07) is 10.2. The summed E-state index contributed by atoms with van der Waals surface area (Å²) in [6.07, 6.45) is -0.962. The normalized spacial score (nSPS) is 22.1. The maximum atomic E-state index is 13.7. The van der Waals surface area contributed by atoms with Crippen LogP contribution in [0.4, 0.5) is 19.0 Å². The molecule has 0 bridgehead atoms. The molecule has 2 atom stereocenters. The van der Waals surface area contributed by atoms with Gasteiger partial charge in [0.1, 0.15) is 23.5 Å². The van der Waals surface area contributed by atoms with Crippen LogP contribution in [0.2, 0.25) is 0 Å². The minimum absolute atomic E-state index is 0.132. The molecule has 0 radical (unpaired) electrons. The van der Waals surface area contributed by atoms with Crippen LogP contribution < -0.4 is 21.0 Å². The summed E-state index contributed by atoms with van der Waals surface area (Å²) in [5.41, 5.74) is 4.57. The molecule has 3 aliphatic rings. The average Bonchev–Trinajstić information content (AvgIpc) is 3.52. The molecule has 4 heterocycles. The van der Waals surface area contributed by atoms with E-state index in [1.807, 2.05) is 19.9 Å². The minimum Gasteiger partial charge on any atom is -0.364 e. The molecule has 0 saturated carbocycles. The third kappa shape index (κ3) is 4.34. The largest absolute Gasteiger partial charge is 0.416 e. The number of nitrogens with zero attached hydrogens (tertiary/aromatic N) is 3. The van der Waals surface area contributed by atoms with Gasteiger partial charge in [-0.15, -0.1) is 0 Å². The number of anilines is 1. The van der Waals surface area contributed by atoms with E-state index in [2.05, 4.69) is 25.9 Å². The second-order valence-corrected chi connectivity index (χ2v) is 9.01. The molecular weight excluding hydrogens is 457 g/mol. The maximum Gasteiger partial charge on any atom is 0.416 e. The van der Waals surface area contributed by atoms with Crippen molar-refractivity contribution in [1.29, 1.82) is 0 Å². The predicted molar refractivity (Wildman–Crippen MR) is 126 cm³/mol. The van der Waals surface area contributed by atoms with E-state index < -0.39 is 23.7 Å². The van der Waals surface area contributed by atoms with Gasteiger partial charge in [-0.05, 0) is 61.6 Å². The van der Waals surface area contributed by atoms with Gasteiger partial charge in [0.2, 0.25) is 0 Å². The van der Waals surface area contributed by atoms with E-state index in [9.17, 15) is 18.0 Å². The van der Waals surface area contributed by atoms with Crippen LogP contribution in [0.1, 0.15) is 54.3 Å². The number of aromatic nitrogens is 1. The standard InChI is InChI=1S/C25H27F3N6O/c1-15-16(2)23-29-14-21(31-24(35)19-10-7-11-20(30-19)33-12-5-6-13-33)34(23)32-22(15)17-8-3-4-9-18(17)25(26,27)28/h3-4,7-11,14,22-23,29,32H,5-6,12-13H2,1-2H3,(H,31,35). The number of rotatable bonds is 4. The zero-order valence-corrected chi connectivity index (χ0v) is 19.5. The molecule has 1 fully saturated rings. The highest BCUT2D eigenvalue weighted by molar-refractivity contribution is 5.93. The molecule has 3 N–H and O–H groups in total. The highest BCUT2D eigenvalue weighted by Gasteiger charge is 2.41. The van der Waals surface area contributed by atoms with Crippen molar-refractivity contribution >= 4 is 11.7 Å². The van der Waals surface area contributed by atoms with E-state index in [1.54, 1.807) is 29.4 Å². The fourth-order valence-electron chi connectivity index (χ4n) is 4.84. The maximum absolute atomic E-state index is 13.7. The first kappa shape index (κ1) is 23.2. The van der Waals surface area contributed by atoms with E-state index in [4.69, 9.17) is 0 Å². The Hall–Kier alpha value is -3.53. The minimum atomic E-state index is -4.48. The van der Waals surface area contributed by atoms with Gasteiger partial charge < -0.3 is 15.5 Å². The van der Waals surface area contributed by atoms with Crippen LogP contribution in [0, 0.1) is 0 Å². The van der Waals surface area contributed by atoms with Crippen LogP contribution in [0.15, 0.2) is 65.6 Å². The third-order valence-electron chi connectivity index (χ3n) is 6.84. The van der Waals surface area contributed by atoms with Crippen molar-refractivity contribution in [2.75, 3.05) is 18.0 Å². The molecule has 1 aromatic carbocycles. The SMILES string of the molecule is CC1=C(C)C2NC=C(NC(=O)c3cccc(N4CCCC4)n3)N2NC1c1ccccc1C(F)(F)F. The van der Waals surface area contributed by atoms with Crippen molar-refractivity contribution in [3.63, 3.8) is 0 Å². The molecular formula is C25H27F3N6O. The molecule has 5 rings (SSSR count). The van der Waals surface area contributed by atoms with E-state index in [0.29, 0.717) is 5.82 Å². The summed E-state index contributed by atoms with van der Waals surface area (Å²) >= 11 is 0. The highest BCUT2D eigenvalue weighted by atomic mass is 19.4. The van der Waals surface area contributed by atoms with Gasteiger partial charge in [-0.1, -0.05) is 24.3 Å². The van der Waals surface area contributed by atoms with Crippen molar-refractivity contribution in [3.8, 4) is 0 Å². The summed E-state index contributed by atoms with van der Waals surface area (Å²) in [7, 11) is 0. The number of amides is 1. The van der Waals surface area contributed by atoms with Gasteiger partial charge in [-0.25, -0.2) is 10.4 Å². The predicted octanol–water partition coefficient (Wildman–Crippen LogP) is 4.06. The lowest BCUT2D eigenvalue weighted by Crippen LogP contribution is -2.54. The first-order valence-electron chi connectivity index (χ1n) is 11.6. The molecule has 7 nitrogen and oxygen atoms in total. The quantitative estimate of drug-likeness (QED) is 0.569. The molecule has 184 valence electrons. The number of fused-ring (bicyclic) bond motifs is 1. The summed E-state index contributed by atoms with van der Waals surface area (Å²) in [5.74, 6) is 0.785. The third-order valence-corrected chi connectivity index (χ3v) is 6.84. The van der Waals surface area contributed by atoms with Gasteiger partial charge in [0, 0.05) is 19.3 Å². The van der Waals surface area contributed by atoms with Gasteiger partial charge in [0.15, 0.2) is 0 Å². The number of hydrazine groups is 1. The molecule has 3 aliphatic heterocycles. The number of pyridine rings is 1. The summed E-state index contributed by atoms with van der Waals surface area (Å²) < 4.78 is 41.2. The van der Waals surface area contributed by atoms with E-state index >= 15 is 0 Å². The zero-order chi connectivity index (χ0) is 24.7. The van der Waals surface area contributed by atoms with Crippen LogP contribution in [0.5, 0.6) is 0 Å². The number of benzene rings is 1. The Kier molecular flexibility index (Phi) is 5.92. The highest BCUT2D eigenvalue weighted by Crippen LogP contribution is 2.40. The molecule has 0 aliphatic carbocycles. The second kappa shape index (κ2) is 8.92. The molecule has 2 unspecified atom stereocenters. The molecule has 10 heteroatoms. The monoisotopic (exact) mass is 484 g/mol. The van der Waals surface area contributed by atoms with E-state index in [0.717, 1.165) is 49.0 Å². The number of nitrogens with one attached hydrogen (secondary N) is 3. The molecule has 0 spiro atoms. The Morgan fingerprint density at radius 3 is 2.54 bits per heavy atom. The number of hydrogen-bond acceptors (Lipinski definition) is 6. The first-order chi connectivity index (χ1) is 16.7. The van der Waals surface area contributed by atoms with Gasteiger partial charge in [-0.3, -0.25) is 9.80 Å². The molecule has 35 heavy (non-hydrogen) atoms. The summed E-state index contributed by atoms with van der Waals surface area (Å²) in [4.78, 5) is 19.7. The van der Waals surface area contributed by atoms with Gasteiger partial charge >= 0.3 is 6.18 Å². The lowest BCUT2D eigenvalue weighted by Gasteiger charge is -2.40. The Balaban J connectivity index is 1.38. The van der Waals surface area contributed by atoms with Crippen LogP contribution in [0.25, 0.3) is 0 Å². The molecule has 1 saturated heterocycles. The Morgan fingerprint density at radius 1 is 1.06 bits per heavy atom. The Labute approximate surface area is 201 Å². The topological polar surface area (TPSA) is 72.5 Å². The van der Waals surface area contributed by atoms with Crippen LogP contribution in [-0.2, 0) is 6.18 Å². The average molecular weight is 485 g/mol. The number of alkyl halides is 3. The van der Waals surface area contributed by atoms with Crippen LogP contribution >= 0.6 is 0 Å². The Morgan fingerprint density at radius 2 is 1.80 bits per heavy atom. The van der Waals surface area contributed by atoms with Crippen LogP contribution in [0.3, 0.4) is 0 Å². The van der Waals surface area contributed by atoms with Crippen molar-refractivity contribution in [2.45, 2.75) is 45.1 Å². The van der Waals surface area contributed by atoms with Crippen molar-refractivity contribution in [2.24, 2.45) is 0 Å². The van der Waals surface area contributed by atoms with E-state index in [1.165, 1.54) is 12.1 Å². The zero-order valence-electron chi connectivity index (χ0n) is 19.5. The van der Waals surface area contributed by atoms with E-state index in [-0.39, 0.29) is 17.4 Å². The van der Waals surface area contributed by atoms with Crippen molar-refractivity contribution in [3.05, 3.63) is 82.5 Å². The fourth-order valence-corrected chi connectivity index (χ4v) is 4.84. The second-order valence-electron chi connectivity index (χ2n) is 9.01. The van der Waals surface area contributed by atoms with Crippen molar-refractivity contribution in [1.82, 2.24) is 26.1 Å². The smallest absolute Gasteiger partial charge is 0.364 e. The molecule has 2 aromatic rings. The lowest BCUT2D eigenvalue weighted by molar-refractivity contribution is -0.138. The molecule has 1 aromatic heterocycles. The number of hydrogen-bond donors (Lipinski definition) is 3. The number of carbonyl (C=O) groups excluding carboxylic acids is 1. The van der Waals surface area contributed by atoms with Crippen LogP contribution in [-0.4, -0.2) is 35.2 Å². The van der Waals surface area contributed by atoms with Crippen molar-refractivity contribution < 1.29 is 18.0 Å². The fraction of sp³-hybridized carbons (Fsp3) is 0.360. The number of halogens is 3. The summed E-state index contributed by atoms with van der Waals surface area (Å²) in [5, 5.41) is 7.73. The molecule has 1 amide bonds. The first-order valence-corrected chi connectivity index (χ1v) is 11.6. The Bertz CT molecular complexity index is 1200.